The molecule has 2 aliphatic rings. The van der Waals surface area contributed by atoms with Crippen molar-refractivity contribution >= 4 is 0 Å². The summed E-state index contributed by atoms with van der Waals surface area (Å²) in [6, 6.07) is 0.515. The van der Waals surface area contributed by atoms with E-state index in [4.69, 9.17) is 0 Å². The molecule has 0 atom stereocenters. The summed E-state index contributed by atoms with van der Waals surface area (Å²) in [6.07, 6.45) is 17.1. The maximum absolute atomic E-state index is 13.1. The number of halogens is 1. The van der Waals surface area contributed by atoms with Gasteiger partial charge < -0.3 is 10.6 Å². The van der Waals surface area contributed by atoms with E-state index in [9.17, 15) is 4.39 Å². The molecule has 3 heteroatoms. The third-order valence-electron chi connectivity index (χ3n) is 4.02. The molecule has 0 radical (unpaired) electrons. The summed E-state index contributed by atoms with van der Waals surface area (Å²) in [5.74, 6) is -0.229. The Morgan fingerprint density at radius 2 is 2.00 bits per heavy atom. The summed E-state index contributed by atoms with van der Waals surface area (Å²) >= 11 is 0. The lowest BCUT2D eigenvalue weighted by molar-refractivity contribution is 0.398. The van der Waals surface area contributed by atoms with E-state index in [-0.39, 0.29) is 5.83 Å². The van der Waals surface area contributed by atoms with E-state index >= 15 is 0 Å². The van der Waals surface area contributed by atoms with Crippen molar-refractivity contribution in [3.8, 4) is 0 Å². The maximum Gasteiger partial charge on any atom is 0.122 e. The zero-order valence-electron chi connectivity index (χ0n) is 13.1. The van der Waals surface area contributed by atoms with E-state index in [0.717, 1.165) is 17.0 Å². The van der Waals surface area contributed by atoms with Gasteiger partial charge in [0, 0.05) is 35.6 Å². The predicted octanol–water partition coefficient (Wildman–Crippen LogP) is 4.78. The molecule has 0 aromatic rings. The summed E-state index contributed by atoms with van der Waals surface area (Å²) in [6.45, 7) is 7.97. The Morgan fingerprint density at radius 1 is 1.23 bits per heavy atom. The van der Waals surface area contributed by atoms with Crippen LogP contribution in [0.2, 0.25) is 0 Å². The molecular formula is C19H25FN2. The standard InChI is InChI=1S/C19H25FN2/c1-3-16(15(2)22-19-9-5-4-6-10-19)14-21-18-11-7-8-17(20)12-13-18/h3,7-8,12-14,19,21-22H,1-2,4-6,9-11H2/b16-14+. The van der Waals surface area contributed by atoms with Gasteiger partial charge in [0.1, 0.15) is 5.83 Å². The van der Waals surface area contributed by atoms with Crippen LogP contribution in [0.4, 0.5) is 4.39 Å². The van der Waals surface area contributed by atoms with Crippen LogP contribution in [-0.2, 0) is 0 Å². The third-order valence-corrected chi connectivity index (χ3v) is 4.02. The molecule has 2 rings (SSSR count). The zero-order chi connectivity index (χ0) is 15.8. The minimum Gasteiger partial charge on any atom is -0.382 e. The van der Waals surface area contributed by atoms with Gasteiger partial charge in [0.05, 0.1) is 0 Å². The van der Waals surface area contributed by atoms with Crippen molar-refractivity contribution in [2.75, 3.05) is 0 Å². The van der Waals surface area contributed by atoms with Crippen LogP contribution < -0.4 is 10.6 Å². The molecule has 0 saturated heterocycles. The molecule has 2 nitrogen and oxygen atoms in total. The highest BCUT2D eigenvalue weighted by Crippen LogP contribution is 2.19. The molecule has 1 fully saturated rings. The first-order chi connectivity index (χ1) is 10.7. The Labute approximate surface area is 132 Å². The van der Waals surface area contributed by atoms with Gasteiger partial charge in [-0.1, -0.05) is 44.6 Å². The van der Waals surface area contributed by atoms with Gasteiger partial charge in [-0.25, -0.2) is 4.39 Å². The average Bonchev–Trinajstić information content (AvgIpc) is 2.73. The summed E-state index contributed by atoms with van der Waals surface area (Å²) in [7, 11) is 0. The van der Waals surface area contributed by atoms with Gasteiger partial charge in [0.15, 0.2) is 0 Å². The summed E-state index contributed by atoms with van der Waals surface area (Å²) in [4.78, 5) is 0. The number of nitrogens with one attached hydrogen (secondary N) is 2. The van der Waals surface area contributed by atoms with Crippen molar-refractivity contribution in [1.29, 1.82) is 0 Å². The third kappa shape index (κ3) is 5.06. The Bertz CT molecular complexity index is 532. The van der Waals surface area contributed by atoms with Crippen molar-refractivity contribution < 1.29 is 4.39 Å². The molecule has 1 saturated carbocycles. The van der Waals surface area contributed by atoms with E-state index in [1.165, 1.54) is 44.3 Å². The van der Waals surface area contributed by atoms with Crippen molar-refractivity contribution in [2.24, 2.45) is 0 Å². The monoisotopic (exact) mass is 300 g/mol. The minimum atomic E-state index is -0.229. The van der Waals surface area contributed by atoms with Crippen molar-refractivity contribution in [3.05, 3.63) is 72.5 Å². The van der Waals surface area contributed by atoms with E-state index < -0.39 is 0 Å². The fourth-order valence-corrected chi connectivity index (χ4v) is 2.73. The van der Waals surface area contributed by atoms with Crippen LogP contribution in [0.25, 0.3) is 0 Å². The van der Waals surface area contributed by atoms with Crippen molar-refractivity contribution in [2.45, 2.75) is 44.6 Å². The average molecular weight is 300 g/mol. The van der Waals surface area contributed by atoms with Gasteiger partial charge in [-0.15, -0.1) is 0 Å². The van der Waals surface area contributed by atoms with Gasteiger partial charge >= 0.3 is 0 Å². The first-order valence-electron chi connectivity index (χ1n) is 7.97. The molecule has 0 amide bonds. The van der Waals surface area contributed by atoms with E-state index in [0.29, 0.717) is 12.5 Å². The van der Waals surface area contributed by atoms with Crippen LogP contribution in [0.1, 0.15) is 38.5 Å². The Kier molecular flexibility index (Phi) is 6.26. The summed E-state index contributed by atoms with van der Waals surface area (Å²) < 4.78 is 13.1. The molecular weight excluding hydrogens is 275 g/mol. The molecule has 0 aromatic carbocycles. The van der Waals surface area contributed by atoms with Gasteiger partial charge in [0.2, 0.25) is 0 Å². The highest BCUT2D eigenvalue weighted by atomic mass is 19.1. The fourth-order valence-electron chi connectivity index (χ4n) is 2.73. The first kappa shape index (κ1) is 16.3. The predicted molar refractivity (Wildman–Crippen MR) is 91.6 cm³/mol. The van der Waals surface area contributed by atoms with Crippen molar-refractivity contribution in [1.82, 2.24) is 10.6 Å². The molecule has 0 aliphatic heterocycles. The van der Waals surface area contributed by atoms with Crippen LogP contribution in [-0.4, -0.2) is 6.04 Å². The molecule has 0 heterocycles. The number of hydrogen-bond acceptors (Lipinski definition) is 2. The number of rotatable bonds is 6. The second kappa shape index (κ2) is 8.42. The lowest BCUT2D eigenvalue weighted by Gasteiger charge is -2.25. The smallest absolute Gasteiger partial charge is 0.122 e. The molecule has 2 N–H and O–H groups in total. The maximum atomic E-state index is 13.1. The largest absolute Gasteiger partial charge is 0.382 e. The quantitative estimate of drug-likeness (QED) is 0.690. The van der Waals surface area contributed by atoms with Crippen LogP contribution in [0.3, 0.4) is 0 Å². The summed E-state index contributed by atoms with van der Waals surface area (Å²) in [5.41, 5.74) is 2.76. The van der Waals surface area contributed by atoms with Crippen LogP contribution in [0.15, 0.2) is 72.5 Å². The zero-order valence-corrected chi connectivity index (χ0v) is 13.1. The Morgan fingerprint density at radius 3 is 2.73 bits per heavy atom. The second-order valence-corrected chi connectivity index (χ2v) is 5.76. The van der Waals surface area contributed by atoms with E-state index in [2.05, 4.69) is 23.8 Å². The van der Waals surface area contributed by atoms with E-state index in [1.54, 1.807) is 18.2 Å². The summed E-state index contributed by atoms with van der Waals surface area (Å²) in [5, 5.41) is 6.71. The van der Waals surface area contributed by atoms with Gasteiger partial charge in [-0.05, 0) is 31.1 Å². The van der Waals surface area contributed by atoms with Crippen LogP contribution in [0.5, 0.6) is 0 Å². The SMILES string of the molecule is C=C/C(=C\NC1=CC=C(F)C=CC1)C(=C)NC1CCCCC1. The van der Waals surface area contributed by atoms with Crippen LogP contribution in [0, 0.1) is 0 Å². The highest BCUT2D eigenvalue weighted by Gasteiger charge is 2.14. The molecule has 0 aromatic heterocycles. The molecule has 22 heavy (non-hydrogen) atoms. The molecule has 0 spiro atoms. The van der Waals surface area contributed by atoms with Gasteiger partial charge in [-0.3, -0.25) is 0 Å². The highest BCUT2D eigenvalue weighted by molar-refractivity contribution is 5.37. The molecule has 0 bridgehead atoms. The lowest BCUT2D eigenvalue weighted by atomic mass is 9.95. The number of hydrogen-bond donors (Lipinski definition) is 2. The van der Waals surface area contributed by atoms with Gasteiger partial charge in [-0.2, -0.15) is 0 Å². The Hall–Kier alpha value is -2.03. The lowest BCUT2D eigenvalue weighted by Crippen LogP contribution is -2.30. The second-order valence-electron chi connectivity index (χ2n) is 5.76. The van der Waals surface area contributed by atoms with E-state index in [1.807, 2.05) is 6.20 Å². The normalized spacial score (nSPS) is 19.8. The van der Waals surface area contributed by atoms with Gasteiger partial charge in [0.25, 0.3) is 0 Å². The topological polar surface area (TPSA) is 24.1 Å². The fraction of sp³-hybridized carbons (Fsp3) is 0.368. The van der Waals surface area contributed by atoms with Crippen LogP contribution >= 0.6 is 0 Å². The molecule has 118 valence electrons. The molecule has 0 unspecified atom stereocenters. The first-order valence-corrected chi connectivity index (χ1v) is 7.97. The molecule has 2 aliphatic carbocycles. The Balaban J connectivity index is 1.93. The minimum absolute atomic E-state index is 0.229. The number of allylic oxidation sites excluding steroid dienone is 6. The van der Waals surface area contributed by atoms with Crippen molar-refractivity contribution in [3.63, 3.8) is 0 Å².